The Kier molecular flexibility index (Phi) is 12.9. The lowest BCUT2D eigenvalue weighted by Gasteiger charge is -2.34. The number of carbonyl (C=O) groups is 2. The predicted molar refractivity (Wildman–Crippen MR) is 187 cm³/mol. The molecule has 0 bridgehead atoms. The van der Waals surface area contributed by atoms with Gasteiger partial charge in [0, 0.05) is 19.0 Å². The molecule has 4 aromatic rings. The van der Waals surface area contributed by atoms with E-state index in [4.69, 9.17) is 27.9 Å². The summed E-state index contributed by atoms with van der Waals surface area (Å²) in [6.45, 7) is 5.28. The first-order valence-electron chi connectivity index (χ1n) is 15.5. The first-order chi connectivity index (χ1) is 22.9. The van der Waals surface area contributed by atoms with Crippen molar-refractivity contribution >= 4 is 50.7 Å². The smallest absolute Gasteiger partial charge is 0.264 e. The molecule has 0 saturated carbocycles. The number of rotatable bonds is 15. The molecule has 2 amide bonds. The fourth-order valence-corrected chi connectivity index (χ4v) is 6.70. The number of benzene rings is 4. The van der Waals surface area contributed by atoms with Crippen LogP contribution in [0.5, 0.6) is 5.75 Å². The van der Waals surface area contributed by atoms with Gasteiger partial charge in [0.1, 0.15) is 24.2 Å². The number of amides is 2. The summed E-state index contributed by atoms with van der Waals surface area (Å²) in [6, 6.07) is 23.5. The number of ether oxygens (including phenoxy) is 1. The second-order valence-corrected chi connectivity index (χ2v) is 13.9. The number of sulfonamides is 1. The van der Waals surface area contributed by atoms with Crippen LogP contribution in [0, 0.1) is 5.82 Å². The van der Waals surface area contributed by atoms with E-state index in [0.717, 1.165) is 34.1 Å². The fraction of sp³-hybridized carbons (Fsp3) is 0.278. The summed E-state index contributed by atoms with van der Waals surface area (Å²) in [5, 5.41) is 3.58. The minimum absolute atomic E-state index is 0.0745. The van der Waals surface area contributed by atoms with Crippen molar-refractivity contribution in [3.05, 3.63) is 124 Å². The van der Waals surface area contributed by atoms with E-state index in [1.54, 1.807) is 30.3 Å². The molecule has 0 aliphatic carbocycles. The number of hydrogen-bond donors (Lipinski definition) is 1. The van der Waals surface area contributed by atoms with Crippen LogP contribution in [-0.4, -0.2) is 50.4 Å². The number of anilines is 1. The number of carbonyl (C=O) groups excluding carboxylic acids is 2. The third kappa shape index (κ3) is 9.49. The quantitative estimate of drug-likeness (QED) is 0.140. The first-order valence-corrected chi connectivity index (χ1v) is 17.7. The van der Waals surface area contributed by atoms with Crippen molar-refractivity contribution in [1.82, 2.24) is 10.2 Å². The molecule has 48 heavy (non-hydrogen) atoms. The van der Waals surface area contributed by atoms with Crippen molar-refractivity contribution in [3.63, 3.8) is 0 Å². The Morgan fingerprint density at radius 1 is 0.875 bits per heavy atom. The van der Waals surface area contributed by atoms with Gasteiger partial charge in [0.15, 0.2) is 0 Å². The van der Waals surface area contributed by atoms with Crippen molar-refractivity contribution in [1.29, 1.82) is 0 Å². The number of nitrogens with zero attached hydrogens (tertiary/aromatic N) is 2. The molecule has 4 rings (SSSR count). The Morgan fingerprint density at radius 3 is 2.15 bits per heavy atom. The number of nitrogens with one attached hydrogen (secondary N) is 1. The predicted octanol–water partition coefficient (Wildman–Crippen LogP) is 7.28. The molecule has 8 nitrogen and oxygen atoms in total. The van der Waals surface area contributed by atoms with Crippen LogP contribution < -0.4 is 14.4 Å². The molecule has 0 aliphatic rings. The Morgan fingerprint density at radius 2 is 1.54 bits per heavy atom. The minimum atomic E-state index is -4.40. The van der Waals surface area contributed by atoms with Gasteiger partial charge < -0.3 is 15.0 Å². The van der Waals surface area contributed by atoms with E-state index >= 15 is 0 Å². The summed E-state index contributed by atoms with van der Waals surface area (Å²) in [5.74, 6) is -1.14. The van der Waals surface area contributed by atoms with Gasteiger partial charge in [-0.15, -0.1) is 0 Å². The molecule has 1 N–H and O–H groups in total. The topological polar surface area (TPSA) is 96.0 Å². The number of halogens is 3. The molecule has 0 saturated heterocycles. The second-order valence-electron chi connectivity index (χ2n) is 11.2. The van der Waals surface area contributed by atoms with E-state index in [1.807, 2.05) is 51.1 Å². The molecule has 0 spiro atoms. The van der Waals surface area contributed by atoms with Crippen LogP contribution in [-0.2, 0) is 32.6 Å². The molecule has 12 heteroatoms. The lowest BCUT2D eigenvalue weighted by atomic mass is 10.0. The highest BCUT2D eigenvalue weighted by molar-refractivity contribution is 7.92. The van der Waals surface area contributed by atoms with Crippen LogP contribution in [0.3, 0.4) is 0 Å². The van der Waals surface area contributed by atoms with E-state index in [9.17, 15) is 22.4 Å². The van der Waals surface area contributed by atoms with Gasteiger partial charge in [0.2, 0.25) is 11.8 Å². The van der Waals surface area contributed by atoms with Crippen LogP contribution in [0.25, 0.3) is 0 Å². The van der Waals surface area contributed by atoms with E-state index in [1.165, 1.54) is 17.0 Å². The number of hydrogen-bond acceptors (Lipinski definition) is 5. The summed E-state index contributed by atoms with van der Waals surface area (Å²) in [5.41, 5.74) is 1.56. The van der Waals surface area contributed by atoms with Gasteiger partial charge in [-0.25, -0.2) is 12.8 Å². The van der Waals surface area contributed by atoms with E-state index < -0.39 is 40.2 Å². The van der Waals surface area contributed by atoms with Gasteiger partial charge in [0.25, 0.3) is 10.0 Å². The fourth-order valence-electron chi connectivity index (χ4n) is 4.97. The van der Waals surface area contributed by atoms with Gasteiger partial charge in [-0.2, -0.15) is 0 Å². The molecule has 0 heterocycles. The first kappa shape index (κ1) is 36.7. The van der Waals surface area contributed by atoms with Gasteiger partial charge in [-0.3, -0.25) is 13.9 Å². The SMILES string of the molecule is CCOc1ccc(N(CC(=O)N(Cc2ccc(Cl)c(Cl)c2)[C@H](Cc2ccccc2)C(=O)N[C@H](C)CC)S(=O)(=O)c2ccc(F)cc2)cc1. The highest BCUT2D eigenvalue weighted by Gasteiger charge is 2.35. The van der Waals surface area contributed by atoms with E-state index in [-0.39, 0.29) is 34.6 Å². The standard InChI is InChI=1S/C36H38Cl2FN3O5S/c1-4-25(3)40-36(44)34(22-26-9-7-6-8-10-26)41(23-27-11-20-32(37)33(38)21-27)35(43)24-42(29-14-16-30(17-15-29)47-5-2)48(45,46)31-18-12-28(39)13-19-31/h6-21,25,34H,4-5,22-24H2,1-3H3,(H,40,44)/t25-,34-/m1/s1. The summed E-state index contributed by atoms with van der Waals surface area (Å²) < 4.78 is 48.5. The second kappa shape index (κ2) is 16.8. The third-order valence-electron chi connectivity index (χ3n) is 7.73. The van der Waals surface area contributed by atoms with Crippen LogP contribution in [0.4, 0.5) is 10.1 Å². The summed E-state index contributed by atoms with van der Waals surface area (Å²) >= 11 is 12.5. The molecule has 2 atom stereocenters. The lowest BCUT2D eigenvalue weighted by Crippen LogP contribution is -2.54. The van der Waals surface area contributed by atoms with Crippen molar-refractivity contribution in [2.75, 3.05) is 17.5 Å². The molecule has 0 radical (unpaired) electrons. The van der Waals surface area contributed by atoms with Crippen molar-refractivity contribution < 1.29 is 27.1 Å². The molecule has 0 aliphatic heterocycles. The minimum Gasteiger partial charge on any atom is -0.494 e. The maximum Gasteiger partial charge on any atom is 0.264 e. The van der Waals surface area contributed by atoms with Crippen molar-refractivity contribution in [2.24, 2.45) is 0 Å². The lowest BCUT2D eigenvalue weighted by molar-refractivity contribution is -0.140. The van der Waals surface area contributed by atoms with Gasteiger partial charge >= 0.3 is 0 Å². The van der Waals surface area contributed by atoms with Crippen LogP contribution in [0.2, 0.25) is 10.0 Å². The molecule has 254 valence electrons. The van der Waals surface area contributed by atoms with Crippen molar-refractivity contribution in [3.8, 4) is 5.75 Å². The highest BCUT2D eigenvalue weighted by atomic mass is 35.5. The zero-order valence-electron chi connectivity index (χ0n) is 26.9. The largest absolute Gasteiger partial charge is 0.494 e. The maximum atomic E-state index is 14.6. The Hall–Kier alpha value is -4.12. The molecular weight excluding hydrogens is 676 g/mol. The normalized spacial score (nSPS) is 12.5. The van der Waals surface area contributed by atoms with Gasteiger partial charge in [-0.05, 0) is 92.1 Å². The summed E-state index contributed by atoms with van der Waals surface area (Å²) in [6.07, 6.45) is 0.815. The summed E-state index contributed by atoms with van der Waals surface area (Å²) in [7, 11) is -4.40. The Bertz CT molecular complexity index is 1790. The zero-order valence-corrected chi connectivity index (χ0v) is 29.2. The molecule has 0 unspecified atom stereocenters. The van der Waals surface area contributed by atoms with Crippen LogP contribution in [0.1, 0.15) is 38.3 Å². The Labute approximate surface area is 291 Å². The van der Waals surface area contributed by atoms with E-state index in [0.29, 0.717) is 29.4 Å². The molecule has 4 aromatic carbocycles. The maximum absolute atomic E-state index is 14.6. The van der Waals surface area contributed by atoms with E-state index in [2.05, 4.69) is 5.32 Å². The Balaban J connectivity index is 1.82. The third-order valence-corrected chi connectivity index (χ3v) is 10.3. The van der Waals surface area contributed by atoms with Crippen molar-refractivity contribution in [2.45, 2.75) is 57.1 Å². The van der Waals surface area contributed by atoms with Crippen LogP contribution in [0.15, 0.2) is 102 Å². The zero-order chi connectivity index (χ0) is 34.8. The summed E-state index contributed by atoms with van der Waals surface area (Å²) in [4.78, 5) is 29.7. The van der Waals surface area contributed by atoms with Crippen LogP contribution >= 0.6 is 23.2 Å². The van der Waals surface area contributed by atoms with Gasteiger partial charge in [-0.1, -0.05) is 66.5 Å². The molecule has 0 aromatic heterocycles. The average molecular weight is 715 g/mol. The van der Waals surface area contributed by atoms with Gasteiger partial charge in [0.05, 0.1) is 27.2 Å². The highest BCUT2D eigenvalue weighted by Crippen LogP contribution is 2.28. The molecule has 0 fully saturated rings. The average Bonchev–Trinajstić information content (AvgIpc) is 3.07. The molecular formula is C36H38Cl2FN3O5S. The monoisotopic (exact) mass is 713 g/mol.